The average Bonchev–Trinajstić information content (AvgIpc) is 3.81. The molecule has 1 aliphatic carbocycles. The fourth-order valence-corrected chi connectivity index (χ4v) is 11.8. The molecular weight excluding hydrogens is 869 g/mol. The Morgan fingerprint density at radius 3 is 1.61 bits per heavy atom. The third kappa shape index (κ3) is 7.86. The number of hydrogen-bond acceptors (Lipinski definition) is 1. The summed E-state index contributed by atoms with van der Waals surface area (Å²) < 4.78 is 2.40. The van der Waals surface area contributed by atoms with E-state index in [1.54, 1.807) is 0 Å². The van der Waals surface area contributed by atoms with Crippen LogP contribution in [-0.4, -0.2) is 4.57 Å². The second-order valence-electron chi connectivity index (χ2n) is 19.4. The highest BCUT2D eigenvalue weighted by atomic mass is 15.1. The van der Waals surface area contributed by atoms with Crippen molar-refractivity contribution in [3.05, 3.63) is 266 Å². The van der Waals surface area contributed by atoms with Crippen molar-refractivity contribution < 1.29 is 0 Å². The van der Waals surface area contributed by atoms with Crippen molar-refractivity contribution in [3.63, 3.8) is 0 Å². The third-order valence-corrected chi connectivity index (χ3v) is 15.2. The summed E-state index contributed by atoms with van der Waals surface area (Å²) in [5.41, 5.74) is 20.6. The summed E-state index contributed by atoms with van der Waals surface area (Å²) in [7, 11) is 0. The van der Waals surface area contributed by atoms with Crippen LogP contribution in [0.3, 0.4) is 0 Å². The first-order valence-corrected chi connectivity index (χ1v) is 25.7. The van der Waals surface area contributed by atoms with Gasteiger partial charge in [-0.25, -0.2) is 0 Å². The minimum atomic E-state index is 0.572. The molecule has 0 unspecified atom stereocenters. The zero-order chi connectivity index (χ0) is 47.8. The molecule has 72 heavy (non-hydrogen) atoms. The number of anilines is 3. The molecule has 2 heteroatoms. The van der Waals surface area contributed by atoms with Gasteiger partial charge in [0.15, 0.2) is 0 Å². The highest BCUT2D eigenvalue weighted by molar-refractivity contribution is 6.16. The molecule has 1 heterocycles. The molecule has 0 aliphatic heterocycles. The molecule has 1 aliphatic rings. The summed E-state index contributed by atoms with van der Waals surface area (Å²) in [4.78, 5) is 2.47. The summed E-state index contributed by atoms with van der Waals surface area (Å²) in [6.45, 7) is 0. The Morgan fingerprint density at radius 2 is 0.875 bits per heavy atom. The summed E-state index contributed by atoms with van der Waals surface area (Å²) in [6.07, 6.45) is 6.44. The summed E-state index contributed by atoms with van der Waals surface area (Å²) in [6, 6.07) is 96.2. The van der Waals surface area contributed by atoms with Crippen molar-refractivity contribution in [1.29, 1.82) is 0 Å². The van der Waals surface area contributed by atoms with Crippen LogP contribution in [0.4, 0.5) is 17.1 Å². The number of nitrogens with zero attached hydrogens (tertiary/aromatic N) is 2. The largest absolute Gasteiger partial charge is 0.310 e. The van der Waals surface area contributed by atoms with Crippen LogP contribution in [-0.2, 0) is 0 Å². The van der Waals surface area contributed by atoms with E-state index < -0.39 is 0 Å². The fourth-order valence-electron chi connectivity index (χ4n) is 11.8. The molecule has 0 N–H and O–H groups in total. The molecule has 1 fully saturated rings. The maximum absolute atomic E-state index is 2.47. The molecule has 2 nitrogen and oxygen atoms in total. The lowest BCUT2D eigenvalue weighted by Crippen LogP contribution is -2.11. The molecule has 1 aromatic heterocycles. The van der Waals surface area contributed by atoms with E-state index in [2.05, 4.69) is 270 Å². The monoisotopic (exact) mass is 922 g/mol. The summed E-state index contributed by atoms with van der Waals surface area (Å²) >= 11 is 0. The van der Waals surface area contributed by atoms with E-state index in [0.717, 1.165) is 22.7 Å². The smallest absolute Gasteiger partial charge is 0.0547 e. The topological polar surface area (TPSA) is 8.17 Å². The Bertz CT molecular complexity index is 3860. The lowest BCUT2D eigenvalue weighted by Gasteiger charge is -2.29. The minimum Gasteiger partial charge on any atom is -0.310 e. The van der Waals surface area contributed by atoms with Gasteiger partial charge in [0.25, 0.3) is 0 Å². The molecule has 13 rings (SSSR count). The van der Waals surface area contributed by atoms with Crippen LogP contribution >= 0.6 is 0 Å². The Kier molecular flexibility index (Phi) is 11.4. The van der Waals surface area contributed by atoms with Gasteiger partial charge in [0, 0.05) is 33.4 Å². The maximum Gasteiger partial charge on any atom is 0.0547 e. The quantitative estimate of drug-likeness (QED) is 0.133. The Morgan fingerprint density at radius 1 is 0.333 bits per heavy atom. The van der Waals surface area contributed by atoms with Crippen LogP contribution in [0.2, 0.25) is 0 Å². The second-order valence-corrected chi connectivity index (χ2v) is 19.4. The van der Waals surface area contributed by atoms with Crippen molar-refractivity contribution in [2.75, 3.05) is 4.90 Å². The van der Waals surface area contributed by atoms with Crippen LogP contribution in [0, 0.1) is 0 Å². The number of fused-ring (bicyclic) bond motifs is 4. The van der Waals surface area contributed by atoms with Gasteiger partial charge in [0.2, 0.25) is 0 Å². The van der Waals surface area contributed by atoms with E-state index in [0.29, 0.717) is 5.92 Å². The van der Waals surface area contributed by atoms with Gasteiger partial charge >= 0.3 is 0 Å². The van der Waals surface area contributed by atoms with Gasteiger partial charge in [-0.15, -0.1) is 0 Å². The highest BCUT2D eigenvalue weighted by Gasteiger charge is 2.24. The first-order chi connectivity index (χ1) is 35.7. The van der Waals surface area contributed by atoms with Crippen LogP contribution in [0.1, 0.15) is 43.6 Å². The first-order valence-electron chi connectivity index (χ1n) is 25.7. The predicted molar refractivity (Wildman–Crippen MR) is 306 cm³/mol. The summed E-state index contributed by atoms with van der Waals surface area (Å²) in [5, 5.41) is 5.21. The van der Waals surface area contributed by atoms with Gasteiger partial charge in [0.05, 0.1) is 16.7 Å². The Balaban J connectivity index is 0.957. The molecule has 0 saturated heterocycles. The van der Waals surface area contributed by atoms with Crippen molar-refractivity contribution in [3.8, 4) is 61.3 Å². The maximum atomic E-state index is 2.47. The van der Waals surface area contributed by atoms with Crippen molar-refractivity contribution in [1.82, 2.24) is 4.57 Å². The molecule has 12 aromatic rings. The van der Waals surface area contributed by atoms with E-state index in [4.69, 9.17) is 0 Å². The summed E-state index contributed by atoms with van der Waals surface area (Å²) in [5.74, 6) is 0.572. The first kappa shape index (κ1) is 43.3. The molecule has 11 aromatic carbocycles. The Labute approximate surface area is 422 Å². The molecule has 0 amide bonds. The molecule has 1 saturated carbocycles. The van der Waals surface area contributed by atoms with Gasteiger partial charge in [-0.2, -0.15) is 0 Å². The number of rotatable bonds is 10. The van der Waals surface area contributed by atoms with Gasteiger partial charge in [-0.1, -0.05) is 219 Å². The van der Waals surface area contributed by atoms with Crippen molar-refractivity contribution in [2.24, 2.45) is 0 Å². The van der Waals surface area contributed by atoms with Crippen LogP contribution < -0.4 is 4.90 Å². The van der Waals surface area contributed by atoms with E-state index in [1.807, 2.05) is 0 Å². The molecular formula is C70H54N2. The third-order valence-electron chi connectivity index (χ3n) is 15.2. The standard InChI is InChI=1S/C70H54N2/c1-5-20-50(21-6-1)59-47-42-55(48-65(59)52-24-9-3-10-25-52)49-38-43-57(44-39-49)71(66-35-15-13-30-62(66)63-34-18-27-54-26-17-32-60(69(54)63)51-22-7-2-8-23-51)58-45-40-53(41-46-58)61-33-19-37-68-70(61)64-31-14-16-36-67(64)72(68)56-28-11-4-12-29-56/h1,3-6,9-21,24-48,51H,2,7-8,22-23H2. The molecule has 0 spiro atoms. The van der Waals surface area contributed by atoms with E-state index >= 15 is 0 Å². The number of aromatic nitrogens is 1. The van der Waals surface area contributed by atoms with Gasteiger partial charge < -0.3 is 9.47 Å². The zero-order valence-corrected chi connectivity index (χ0v) is 40.3. The zero-order valence-electron chi connectivity index (χ0n) is 40.3. The molecule has 0 radical (unpaired) electrons. The predicted octanol–water partition coefficient (Wildman–Crippen LogP) is 19.8. The van der Waals surface area contributed by atoms with Gasteiger partial charge in [-0.05, 0) is 146 Å². The molecule has 0 bridgehead atoms. The minimum absolute atomic E-state index is 0.572. The van der Waals surface area contributed by atoms with Crippen LogP contribution in [0.25, 0.3) is 93.9 Å². The van der Waals surface area contributed by atoms with Crippen LogP contribution in [0.15, 0.2) is 261 Å². The van der Waals surface area contributed by atoms with E-state index in [9.17, 15) is 0 Å². The number of hydrogen-bond donors (Lipinski definition) is 0. The lowest BCUT2D eigenvalue weighted by molar-refractivity contribution is 0.445. The molecule has 344 valence electrons. The fraction of sp³-hybridized carbons (Fsp3) is 0.0857. The van der Waals surface area contributed by atoms with E-state index in [1.165, 1.54) is 126 Å². The molecule has 0 atom stereocenters. The van der Waals surface area contributed by atoms with Gasteiger partial charge in [0.1, 0.15) is 0 Å². The number of benzene rings is 11. The van der Waals surface area contributed by atoms with Crippen LogP contribution in [0.5, 0.6) is 0 Å². The second kappa shape index (κ2) is 18.9. The number of para-hydroxylation sites is 3. The van der Waals surface area contributed by atoms with Crippen molar-refractivity contribution in [2.45, 2.75) is 38.0 Å². The SMILES string of the molecule is c1ccc(-c2ccc(-c3ccc(N(c4ccc(-c5cccc6c5c5ccccc5n6-c5ccccc5)cc4)c4ccccc4-c4cccc5cccc(C6CCCCC6)c45)cc3)cc2-c2ccccc2)cc1. The van der Waals surface area contributed by atoms with Crippen molar-refractivity contribution >= 4 is 49.6 Å². The average molecular weight is 923 g/mol. The highest BCUT2D eigenvalue weighted by Crippen LogP contribution is 2.47. The van der Waals surface area contributed by atoms with E-state index in [-0.39, 0.29) is 0 Å². The van der Waals surface area contributed by atoms with Gasteiger partial charge in [-0.3, -0.25) is 0 Å². The lowest BCUT2D eigenvalue weighted by atomic mass is 9.80. The normalized spacial score (nSPS) is 12.9. The Hall–Kier alpha value is -8.72.